The number of carbonyl (C=O) groups is 1. The molecule has 2 heterocycles. The Morgan fingerprint density at radius 2 is 1.59 bits per heavy atom. The van der Waals surface area contributed by atoms with E-state index in [2.05, 4.69) is 20.5 Å². The molecular weight excluding hydrogens is 544 g/mol. The van der Waals surface area contributed by atoms with Crippen LogP contribution in [0.1, 0.15) is 11.1 Å². The average Bonchev–Trinajstić information content (AvgIpc) is 3.26. The van der Waals surface area contributed by atoms with E-state index < -0.39 is 35.1 Å². The van der Waals surface area contributed by atoms with Gasteiger partial charge in [-0.3, -0.25) is 14.3 Å². The topological polar surface area (TPSA) is 72.7 Å². The standard InChI is InChI=1S/C23H14ClF6N5OS/c24-16-3-5-18(6-4-16)35-20(13-2-1-7-31-11-13)33-34-21(35)37-12-19(36)32-17-9-14(22(25,26)27)8-15(10-17)23(28,29)30/h1-11H,12H2,(H,32,36). The van der Waals surface area contributed by atoms with Gasteiger partial charge in [0.2, 0.25) is 5.91 Å². The molecule has 37 heavy (non-hydrogen) atoms. The zero-order valence-corrected chi connectivity index (χ0v) is 19.9. The molecule has 0 fully saturated rings. The van der Waals surface area contributed by atoms with Gasteiger partial charge < -0.3 is 5.32 Å². The van der Waals surface area contributed by atoms with Gasteiger partial charge in [0.1, 0.15) is 0 Å². The number of nitrogens with zero attached hydrogens (tertiary/aromatic N) is 4. The first-order valence-electron chi connectivity index (χ1n) is 10.3. The fourth-order valence-corrected chi connectivity index (χ4v) is 4.10. The van der Waals surface area contributed by atoms with Crippen LogP contribution in [0.25, 0.3) is 17.1 Å². The van der Waals surface area contributed by atoms with Gasteiger partial charge in [0, 0.05) is 34.4 Å². The van der Waals surface area contributed by atoms with Gasteiger partial charge in [-0.15, -0.1) is 10.2 Å². The fraction of sp³-hybridized carbons (Fsp3) is 0.130. The Kier molecular flexibility index (Phi) is 7.46. The Morgan fingerprint density at radius 1 is 0.946 bits per heavy atom. The number of anilines is 1. The van der Waals surface area contributed by atoms with E-state index in [1.54, 1.807) is 53.4 Å². The van der Waals surface area contributed by atoms with Crippen LogP contribution in [-0.2, 0) is 17.1 Å². The molecule has 0 aliphatic rings. The number of halogens is 7. The first-order valence-corrected chi connectivity index (χ1v) is 11.6. The van der Waals surface area contributed by atoms with Crippen molar-refractivity contribution in [3.05, 3.63) is 83.1 Å². The molecule has 0 saturated carbocycles. The van der Waals surface area contributed by atoms with Gasteiger partial charge in [0.05, 0.1) is 16.9 Å². The molecule has 0 bridgehead atoms. The molecule has 0 radical (unpaired) electrons. The normalized spacial score (nSPS) is 12.0. The lowest BCUT2D eigenvalue weighted by molar-refractivity contribution is -0.143. The number of hydrogen-bond donors (Lipinski definition) is 1. The van der Waals surface area contributed by atoms with Gasteiger partial charge >= 0.3 is 12.4 Å². The highest BCUT2D eigenvalue weighted by Crippen LogP contribution is 2.37. The highest BCUT2D eigenvalue weighted by molar-refractivity contribution is 7.99. The summed E-state index contributed by atoms with van der Waals surface area (Å²) in [5.41, 5.74) is -2.49. The van der Waals surface area contributed by atoms with Crippen LogP contribution in [-0.4, -0.2) is 31.4 Å². The molecule has 1 N–H and O–H groups in total. The predicted octanol–water partition coefficient (Wildman–Crippen LogP) is 6.75. The lowest BCUT2D eigenvalue weighted by Crippen LogP contribution is -2.17. The van der Waals surface area contributed by atoms with Gasteiger partial charge in [-0.2, -0.15) is 26.3 Å². The maximum atomic E-state index is 13.1. The van der Waals surface area contributed by atoms with E-state index in [1.165, 1.54) is 0 Å². The van der Waals surface area contributed by atoms with Crippen molar-refractivity contribution in [2.24, 2.45) is 0 Å². The van der Waals surface area contributed by atoms with E-state index in [-0.39, 0.29) is 17.0 Å². The van der Waals surface area contributed by atoms with Gasteiger partial charge in [0.25, 0.3) is 0 Å². The maximum Gasteiger partial charge on any atom is 0.416 e. The van der Waals surface area contributed by atoms with Crippen molar-refractivity contribution in [3.63, 3.8) is 0 Å². The van der Waals surface area contributed by atoms with E-state index in [9.17, 15) is 31.1 Å². The minimum absolute atomic E-state index is 0.0149. The molecule has 0 unspecified atom stereocenters. The summed E-state index contributed by atoms with van der Waals surface area (Å²) in [6.45, 7) is 0. The number of benzene rings is 2. The highest BCUT2D eigenvalue weighted by atomic mass is 35.5. The zero-order chi connectivity index (χ0) is 26.8. The number of amides is 1. The summed E-state index contributed by atoms with van der Waals surface area (Å²) >= 11 is 6.87. The van der Waals surface area contributed by atoms with Crippen molar-refractivity contribution >= 4 is 35.0 Å². The summed E-state index contributed by atoms with van der Waals surface area (Å²) < 4.78 is 80.2. The smallest absolute Gasteiger partial charge is 0.325 e. The van der Waals surface area contributed by atoms with Crippen LogP contribution in [0.5, 0.6) is 0 Å². The van der Waals surface area contributed by atoms with E-state index in [1.807, 2.05) is 0 Å². The molecule has 2 aromatic carbocycles. The molecule has 0 saturated heterocycles. The summed E-state index contributed by atoms with van der Waals surface area (Å²) in [7, 11) is 0. The monoisotopic (exact) mass is 557 g/mol. The number of aromatic nitrogens is 4. The largest absolute Gasteiger partial charge is 0.416 e. The summed E-state index contributed by atoms with van der Waals surface area (Å²) in [6.07, 6.45) is -6.94. The first kappa shape index (κ1) is 26.5. The number of pyridine rings is 1. The van der Waals surface area contributed by atoms with Crippen molar-refractivity contribution in [2.45, 2.75) is 17.5 Å². The van der Waals surface area contributed by atoms with Crippen LogP contribution >= 0.6 is 23.4 Å². The molecule has 192 valence electrons. The van der Waals surface area contributed by atoms with Crippen molar-refractivity contribution in [3.8, 4) is 17.1 Å². The first-order chi connectivity index (χ1) is 17.4. The predicted molar refractivity (Wildman–Crippen MR) is 125 cm³/mol. The van der Waals surface area contributed by atoms with Gasteiger partial charge in [0.15, 0.2) is 11.0 Å². The molecule has 1 amide bonds. The number of hydrogen-bond acceptors (Lipinski definition) is 5. The minimum Gasteiger partial charge on any atom is -0.325 e. The third-order valence-corrected chi connectivity index (χ3v) is 6.02. The van der Waals surface area contributed by atoms with Crippen molar-refractivity contribution in [1.29, 1.82) is 0 Å². The fourth-order valence-electron chi connectivity index (χ4n) is 3.22. The molecule has 0 atom stereocenters. The maximum absolute atomic E-state index is 13.1. The quantitative estimate of drug-likeness (QED) is 0.210. The lowest BCUT2D eigenvalue weighted by atomic mass is 10.1. The number of rotatable bonds is 6. The summed E-state index contributed by atoms with van der Waals surface area (Å²) in [5.74, 6) is -0.826. The second-order valence-electron chi connectivity index (χ2n) is 7.49. The van der Waals surface area contributed by atoms with Gasteiger partial charge in [-0.25, -0.2) is 0 Å². The third kappa shape index (κ3) is 6.41. The third-order valence-electron chi connectivity index (χ3n) is 4.84. The zero-order valence-electron chi connectivity index (χ0n) is 18.3. The van der Waals surface area contributed by atoms with Crippen molar-refractivity contribution in [2.75, 3.05) is 11.1 Å². The molecule has 2 aromatic heterocycles. The lowest BCUT2D eigenvalue weighted by Gasteiger charge is -2.15. The van der Waals surface area contributed by atoms with Crippen LogP contribution < -0.4 is 5.32 Å². The minimum atomic E-state index is -5.03. The molecular formula is C23H14ClF6N5OS. The number of nitrogens with one attached hydrogen (secondary N) is 1. The Labute approximate surface area is 214 Å². The second kappa shape index (κ2) is 10.4. The van der Waals surface area contributed by atoms with Crippen LogP contribution in [0, 0.1) is 0 Å². The SMILES string of the molecule is O=C(CSc1nnc(-c2cccnc2)n1-c1ccc(Cl)cc1)Nc1cc(C(F)(F)F)cc(C(F)(F)F)c1. The molecule has 4 aromatic rings. The number of thioether (sulfide) groups is 1. The summed E-state index contributed by atoms with van der Waals surface area (Å²) in [4.78, 5) is 16.6. The molecule has 0 aliphatic heterocycles. The van der Waals surface area contributed by atoms with Crippen LogP contribution in [0.4, 0.5) is 32.0 Å². The molecule has 0 aliphatic carbocycles. The molecule has 14 heteroatoms. The van der Waals surface area contributed by atoms with Crippen molar-refractivity contribution < 1.29 is 31.1 Å². The van der Waals surface area contributed by atoms with Crippen LogP contribution in [0.2, 0.25) is 5.02 Å². The van der Waals surface area contributed by atoms with Crippen LogP contribution in [0.3, 0.4) is 0 Å². The average molecular weight is 558 g/mol. The second-order valence-corrected chi connectivity index (χ2v) is 8.87. The summed E-state index contributed by atoms with van der Waals surface area (Å²) in [6, 6.07) is 11.0. The van der Waals surface area contributed by atoms with Crippen molar-refractivity contribution in [1.82, 2.24) is 19.7 Å². The van der Waals surface area contributed by atoms with Crippen LogP contribution in [0.15, 0.2) is 72.1 Å². The summed E-state index contributed by atoms with van der Waals surface area (Å²) in [5, 5.41) is 11.1. The molecule has 0 spiro atoms. The molecule has 6 nitrogen and oxygen atoms in total. The van der Waals surface area contributed by atoms with E-state index in [0.717, 1.165) is 11.8 Å². The Balaban J connectivity index is 1.59. The van der Waals surface area contributed by atoms with E-state index in [0.29, 0.717) is 34.2 Å². The van der Waals surface area contributed by atoms with E-state index in [4.69, 9.17) is 11.6 Å². The highest BCUT2D eigenvalue weighted by Gasteiger charge is 2.37. The Morgan fingerprint density at radius 3 is 2.16 bits per heavy atom. The Hall–Kier alpha value is -3.58. The molecule has 4 rings (SSSR count). The van der Waals surface area contributed by atoms with E-state index >= 15 is 0 Å². The Bertz CT molecular complexity index is 1380. The van der Waals surface area contributed by atoms with Gasteiger partial charge in [-0.05, 0) is 54.6 Å². The number of carbonyl (C=O) groups excluding carboxylic acids is 1. The number of alkyl halides is 6. The van der Waals surface area contributed by atoms with Gasteiger partial charge in [-0.1, -0.05) is 23.4 Å².